The zero-order chi connectivity index (χ0) is 30.8. The fraction of sp³-hybridized carbons (Fsp3) is 0.394. The molecule has 0 aromatic heterocycles. The summed E-state index contributed by atoms with van der Waals surface area (Å²) in [5.41, 5.74) is 1.66. The van der Waals surface area contributed by atoms with E-state index in [1.54, 1.807) is 23.1 Å². The molecule has 1 saturated carbocycles. The van der Waals surface area contributed by atoms with E-state index in [0.29, 0.717) is 11.4 Å². The summed E-state index contributed by atoms with van der Waals surface area (Å²) in [6.45, 7) is 0.0899. The van der Waals surface area contributed by atoms with Gasteiger partial charge in [-0.15, -0.1) is 0 Å². The Bertz CT molecular complexity index is 1460. The minimum atomic E-state index is -3.81. The van der Waals surface area contributed by atoms with E-state index in [1.807, 2.05) is 42.5 Å². The number of carbonyl (C=O) groups is 2. The van der Waals surface area contributed by atoms with Crippen LogP contribution in [0.2, 0.25) is 5.02 Å². The average molecular weight is 628 g/mol. The van der Waals surface area contributed by atoms with Crippen molar-refractivity contribution in [2.24, 2.45) is 0 Å². The van der Waals surface area contributed by atoms with Crippen LogP contribution in [0.4, 0.5) is 10.1 Å². The van der Waals surface area contributed by atoms with Crippen LogP contribution < -0.4 is 9.62 Å². The van der Waals surface area contributed by atoms with Gasteiger partial charge in [0.15, 0.2) is 0 Å². The van der Waals surface area contributed by atoms with Gasteiger partial charge in [-0.25, -0.2) is 12.8 Å². The molecule has 0 radical (unpaired) electrons. The van der Waals surface area contributed by atoms with Crippen molar-refractivity contribution in [1.29, 1.82) is 0 Å². The third-order valence-corrected chi connectivity index (χ3v) is 9.19. The van der Waals surface area contributed by atoms with E-state index in [2.05, 4.69) is 5.32 Å². The number of hydrogen-bond acceptors (Lipinski definition) is 4. The number of nitrogens with zero attached hydrogens (tertiary/aromatic N) is 2. The maximum Gasteiger partial charge on any atom is 0.243 e. The summed E-state index contributed by atoms with van der Waals surface area (Å²) in [5, 5.41) is 3.77. The van der Waals surface area contributed by atoms with Crippen LogP contribution in [-0.2, 0) is 32.6 Å². The van der Waals surface area contributed by atoms with Gasteiger partial charge >= 0.3 is 0 Å². The summed E-state index contributed by atoms with van der Waals surface area (Å²) in [7, 11) is -3.81. The monoisotopic (exact) mass is 627 g/mol. The first-order valence-corrected chi connectivity index (χ1v) is 16.9. The van der Waals surface area contributed by atoms with Gasteiger partial charge in [-0.2, -0.15) is 0 Å². The predicted octanol–water partition coefficient (Wildman–Crippen LogP) is 6.11. The van der Waals surface area contributed by atoms with Crippen molar-refractivity contribution in [3.8, 4) is 0 Å². The van der Waals surface area contributed by atoms with Crippen LogP contribution in [0.3, 0.4) is 0 Å². The fourth-order valence-corrected chi connectivity index (χ4v) is 6.61. The molecular formula is C33H39ClFN3O4S. The number of carbonyl (C=O) groups excluding carboxylic acids is 2. The highest BCUT2D eigenvalue weighted by Crippen LogP contribution is 2.24. The van der Waals surface area contributed by atoms with Crippen molar-refractivity contribution in [1.82, 2.24) is 10.2 Å². The highest BCUT2D eigenvalue weighted by molar-refractivity contribution is 7.92. The molecule has 10 heteroatoms. The van der Waals surface area contributed by atoms with Gasteiger partial charge in [-0.1, -0.05) is 85.5 Å². The maximum absolute atomic E-state index is 14.5. The molecular weight excluding hydrogens is 589 g/mol. The van der Waals surface area contributed by atoms with Crippen LogP contribution in [-0.4, -0.2) is 50.0 Å². The molecule has 2 amide bonds. The Labute approximate surface area is 259 Å². The molecule has 1 aliphatic carbocycles. The Morgan fingerprint density at radius 1 is 0.930 bits per heavy atom. The smallest absolute Gasteiger partial charge is 0.243 e. The second-order valence-electron chi connectivity index (χ2n) is 11.1. The standard InChI is InChI=1S/C33H39ClFN3O4S/c1-43(41,42)38(30-16-9-8-15-29(30)35)22-10-17-32(39)37(24-26-18-20-27(34)21-19-26)31(23-25-11-4-2-5-12-25)33(40)36-28-13-6-3-7-14-28/h2,4-5,8-9,11-12,15-16,18-21,28,31H,3,6-7,10,13-14,17,22-24H2,1H3,(H,36,40)/t31-/m1/s1. The minimum Gasteiger partial charge on any atom is -0.352 e. The Hall–Kier alpha value is -3.43. The van der Waals surface area contributed by atoms with Gasteiger partial charge in [0.1, 0.15) is 11.9 Å². The van der Waals surface area contributed by atoms with Crippen molar-refractivity contribution < 1.29 is 22.4 Å². The van der Waals surface area contributed by atoms with Gasteiger partial charge in [0.2, 0.25) is 21.8 Å². The molecule has 4 rings (SSSR count). The summed E-state index contributed by atoms with van der Waals surface area (Å²) >= 11 is 6.11. The lowest BCUT2D eigenvalue weighted by molar-refractivity contribution is -0.141. The molecule has 1 N–H and O–H groups in total. The van der Waals surface area contributed by atoms with Crippen LogP contribution in [0.25, 0.3) is 0 Å². The van der Waals surface area contributed by atoms with Gasteiger partial charge in [0, 0.05) is 37.0 Å². The zero-order valence-electron chi connectivity index (χ0n) is 24.4. The van der Waals surface area contributed by atoms with Gasteiger partial charge in [0.05, 0.1) is 11.9 Å². The Morgan fingerprint density at radius 3 is 2.23 bits per heavy atom. The number of nitrogens with one attached hydrogen (secondary N) is 1. The van der Waals surface area contributed by atoms with Crippen molar-refractivity contribution >= 4 is 39.1 Å². The lowest BCUT2D eigenvalue weighted by atomic mass is 9.94. The number of benzene rings is 3. The van der Waals surface area contributed by atoms with Gasteiger partial charge in [0.25, 0.3) is 0 Å². The molecule has 3 aromatic rings. The highest BCUT2D eigenvalue weighted by Gasteiger charge is 2.32. The summed E-state index contributed by atoms with van der Waals surface area (Å²) in [4.78, 5) is 29.4. The van der Waals surface area contributed by atoms with Gasteiger partial charge in [-0.05, 0) is 54.7 Å². The molecule has 7 nitrogen and oxygen atoms in total. The van der Waals surface area contributed by atoms with Crippen LogP contribution in [0.1, 0.15) is 56.1 Å². The quantitative estimate of drug-likeness (QED) is 0.248. The van der Waals surface area contributed by atoms with Crippen LogP contribution >= 0.6 is 11.6 Å². The molecule has 0 spiro atoms. The Kier molecular flexibility index (Phi) is 11.6. The maximum atomic E-state index is 14.5. The van der Waals surface area contributed by atoms with Crippen molar-refractivity contribution in [2.75, 3.05) is 17.1 Å². The van der Waals surface area contributed by atoms with E-state index < -0.39 is 21.9 Å². The zero-order valence-corrected chi connectivity index (χ0v) is 26.0. The number of halogens is 2. The summed E-state index contributed by atoms with van der Waals surface area (Å²) in [6, 6.07) is 21.6. The molecule has 0 bridgehead atoms. The van der Waals surface area contributed by atoms with E-state index in [4.69, 9.17) is 11.6 Å². The lowest BCUT2D eigenvalue weighted by Crippen LogP contribution is -2.52. The number of hydrogen-bond donors (Lipinski definition) is 1. The Morgan fingerprint density at radius 2 is 1.58 bits per heavy atom. The number of rotatable bonds is 13. The molecule has 0 saturated heterocycles. The predicted molar refractivity (Wildman–Crippen MR) is 169 cm³/mol. The summed E-state index contributed by atoms with van der Waals surface area (Å²) in [6.07, 6.45) is 6.52. The molecule has 230 valence electrons. The van der Waals surface area contributed by atoms with Gasteiger partial charge < -0.3 is 10.2 Å². The number of amides is 2. The Balaban J connectivity index is 1.59. The molecule has 1 atom stereocenters. The van der Waals surface area contributed by atoms with Crippen molar-refractivity contribution in [3.05, 3.63) is 101 Å². The molecule has 1 aliphatic rings. The first-order valence-electron chi connectivity index (χ1n) is 14.7. The number of sulfonamides is 1. The molecule has 0 aliphatic heterocycles. The van der Waals surface area contributed by atoms with Crippen LogP contribution in [0.15, 0.2) is 78.9 Å². The van der Waals surface area contributed by atoms with E-state index in [9.17, 15) is 22.4 Å². The second-order valence-corrected chi connectivity index (χ2v) is 13.4. The molecule has 3 aromatic carbocycles. The molecule has 43 heavy (non-hydrogen) atoms. The molecule has 0 unspecified atom stereocenters. The largest absolute Gasteiger partial charge is 0.352 e. The van der Waals surface area contributed by atoms with Gasteiger partial charge in [-0.3, -0.25) is 13.9 Å². The third kappa shape index (κ3) is 9.53. The van der Waals surface area contributed by atoms with Crippen LogP contribution in [0.5, 0.6) is 0 Å². The van der Waals surface area contributed by atoms with E-state index in [0.717, 1.165) is 53.8 Å². The molecule has 1 fully saturated rings. The van der Waals surface area contributed by atoms with E-state index in [-0.39, 0.29) is 49.5 Å². The fourth-order valence-electron chi connectivity index (χ4n) is 5.52. The SMILES string of the molecule is CS(=O)(=O)N(CCCC(=O)N(Cc1ccc(Cl)cc1)[C@H](Cc1ccccc1)C(=O)NC1CCCCC1)c1ccccc1F. The van der Waals surface area contributed by atoms with Crippen LogP contribution in [0, 0.1) is 5.82 Å². The first-order chi connectivity index (χ1) is 20.6. The van der Waals surface area contributed by atoms with Crippen molar-refractivity contribution in [3.63, 3.8) is 0 Å². The third-order valence-electron chi connectivity index (χ3n) is 7.76. The number of para-hydroxylation sites is 1. The first kappa shape index (κ1) is 32.5. The number of anilines is 1. The highest BCUT2D eigenvalue weighted by atomic mass is 35.5. The van der Waals surface area contributed by atoms with Crippen molar-refractivity contribution in [2.45, 2.75) is 70.0 Å². The summed E-state index contributed by atoms with van der Waals surface area (Å²) < 4.78 is 40.6. The van der Waals surface area contributed by atoms with E-state index >= 15 is 0 Å². The summed E-state index contributed by atoms with van der Waals surface area (Å²) in [5.74, 6) is -1.16. The minimum absolute atomic E-state index is 0.0317. The second kappa shape index (κ2) is 15.3. The molecule has 0 heterocycles. The topological polar surface area (TPSA) is 86.8 Å². The lowest BCUT2D eigenvalue weighted by Gasteiger charge is -2.34. The van der Waals surface area contributed by atoms with E-state index in [1.165, 1.54) is 18.2 Å². The average Bonchev–Trinajstić information content (AvgIpc) is 2.99. The normalized spacial score (nSPS) is 14.6.